The molecule has 0 N–H and O–H groups in total. The molecular weight excluding hydrogens is 352 g/mol. The minimum atomic E-state index is -0.0656. The molecule has 0 amide bonds. The van der Waals surface area contributed by atoms with E-state index in [-0.39, 0.29) is 5.56 Å². The summed E-state index contributed by atoms with van der Waals surface area (Å²) in [6.07, 6.45) is 5.94. The Balaban J connectivity index is 1.87. The van der Waals surface area contributed by atoms with E-state index in [4.69, 9.17) is 4.98 Å². The first-order valence-electron chi connectivity index (χ1n) is 8.65. The van der Waals surface area contributed by atoms with Crippen LogP contribution in [-0.2, 0) is 0 Å². The van der Waals surface area contributed by atoms with Crippen LogP contribution in [0.4, 0.5) is 0 Å². The van der Waals surface area contributed by atoms with Crippen molar-refractivity contribution in [2.24, 2.45) is 0 Å². The summed E-state index contributed by atoms with van der Waals surface area (Å²) in [7, 11) is 0. The zero-order valence-corrected chi connectivity index (χ0v) is 15.7. The highest BCUT2D eigenvalue weighted by molar-refractivity contribution is 7.98. The number of aromatic nitrogens is 2. The van der Waals surface area contributed by atoms with E-state index >= 15 is 0 Å². The van der Waals surface area contributed by atoms with Crippen LogP contribution in [0.15, 0.2) is 88.6 Å². The maximum absolute atomic E-state index is 13.1. The molecule has 3 nitrogen and oxygen atoms in total. The average Bonchev–Trinajstić information content (AvgIpc) is 2.73. The van der Waals surface area contributed by atoms with Gasteiger partial charge in [-0.05, 0) is 54.3 Å². The minimum absolute atomic E-state index is 0.0656. The molecule has 4 rings (SSSR count). The number of nitrogens with zero attached hydrogens (tertiary/aromatic N) is 2. The van der Waals surface area contributed by atoms with Crippen molar-refractivity contribution in [3.63, 3.8) is 0 Å². The Kier molecular flexibility index (Phi) is 4.90. The van der Waals surface area contributed by atoms with E-state index in [1.807, 2.05) is 66.7 Å². The molecule has 0 saturated heterocycles. The number of para-hydroxylation sites is 2. The Labute approximate surface area is 162 Å². The summed E-state index contributed by atoms with van der Waals surface area (Å²) in [6.45, 7) is 0. The SMILES string of the molecule is CSc1ccc(/C=C/c2nc3ccccc3c(=O)n2-c2ccccc2)cc1. The molecule has 132 valence electrons. The Bertz CT molecular complexity index is 1160. The molecule has 0 unspecified atom stereocenters. The van der Waals surface area contributed by atoms with E-state index in [1.165, 1.54) is 4.90 Å². The first kappa shape index (κ1) is 17.3. The lowest BCUT2D eigenvalue weighted by Gasteiger charge is -2.11. The highest BCUT2D eigenvalue weighted by Crippen LogP contribution is 2.18. The van der Waals surface area contributed by atoms with Gasteiger partial charge in [0, 0.05) is 4.90 Å². The highest BCUT2D eigenvalue weighted by atomic mass is 32.2. The standard InChI is InChI=1S/C23H18N2OS/c1-27-19-14-11-17(12-15-19)13-16-22-24-21-10-6-5-9-20(21)23(26)25(22)18-7-3-2-4-8-18/h2-16H,1H3/b16-13+. The predicted octanol–water partition coefficient (Wildman–Crippen LogP) is 5.28. The van der Waals surface area contributed by atoms with Crippen molar-refractivity contribution >= 4 is 34.8 Å². The van der Waals surface area contributed by atoms with E-state index in [0.717, 1.165) is 11.3 Å². The lowest BCUT2D eigenvalue weighted by atomic mass is 10.2. The van der Waals surface area contributed by atoms with Crippen molar-refractivity contribution < 1.29 is 0 Å². The lowest BCUT2D eigenvalue weighted by Crippen LogP contribution is -2.22. The average molecular weight is 370 g/mol. The maximum Gasteiger partial charge on any atom is 0.266 e. The summed E-state index contributed by atoms with van der Waals surface area (Å²) < 4.78 is 1.66. The number of benzene rings is 3. The fourth-order valence-corrected chi connectivity index (χ4v) is 3.38. The van der Waals surface area contributed by atoms with Crippen LogP contribution in [0.25, 0.3) is 28.7 Å². The smallest absolute Gasteiger partial charge is 0.266 e. The summed E-state index contributed by atoms with van der Waals surface area (Å²) in [5.41, 5.74) is 2.50. The second-order valence-corrected chi connectivity index (χ2v) is 6.95. The Hall–Kier alpha value is -3.11. The topological polar surface area (TPSA) is 34.9 Å². The molecular formula is C23H18N2OS. The monoisotopic (exact) mass is 370 g/mol. The van der Waals surface area contributed by atoms with Crippen molar-refractivity contribution in [2.75, 3.05) is 6.26 Å². The molecule has 4 heteroatoms. The minimum Gasteiger partial charge on any atom is -0.268 e. The van der Waals surface area contributed by atoms with Gasteiger partial charge in [-0.15, -0.1) is 11.8 Å². The first-order chi connectivity index (χ1) is 13.3. The molecule has 0 aliphatic heterocycles. The van der Waals surface area contributed by atoms with Crippen LogP contribution in [0.2, 0.25) is 0 Å². The third-order valence-electron chi connectivity index (χ3n) is 4.36. The van der Waals surface area contributed by atoms with Crippen LogP contribution in [0.1, 0.15) is 11.4 Å². The molecule has 0 radical (unpaired) electrons. The lowest BCUT2D eigenvalue weighted by molar-refractivity contribution is 0.944. The molecule has 0 aliphatic rings. The summed E-state index contributed by atoms with van der Waals surface area (Å²) in [6, 6.07) is 25.4. The van der Waals surface area contributed by atoms with Crippen molar-refractivity contribution in [2.45, 2.75) is 4.90 Å². The molecule has 3 aromatic carbocycles. The molecule has 4 aromatic rings. The Morgan fingerprint density at radius 3 is 2.30 bits per heavy atom. The van der Waals surface area contributed by atoms with Crippen molar-refractivity contribution in [1.29, 1.82) is 0 Å². The van der Waals surface area contributed by atoms with Gasteiger partial charge in [-0.25, -0.2) is 4.98 Å². The molecule has 0 saturated carbocycles. The van der Waals surface area contributed by atoms with E-state index in [0.29, 0.717) is 16.7 Å². The molecule has 1 aromatic heterocycles. The highest BCUT2D eigenvalue weighted by Gasteiger charge is 2.10. The molecule has 27 heavy (non-hydrogen) atoms. The molecule has 0 spiro atoms. The third-order valence-corrected chi connectivity index (χ3v) is 5.10. The van der Waals surface area contributed by atoms with E-state index < -0.39 is 0 Å². The predicted molar refractivity (Wildman–Crippen MR) is 114 cm³/mol. The summed E-state index contributed by atoms with van der Waals surface area (Å²) >= 11 is 1.71. The van der Waals surface area contributed by atoms with Gasteiger partial charge in [-0.2, -0.15) is 0 Å². The fourth-order valence-electron chi connectivity index (χ4n) is 2.97. The van der Waals surface area contributed by atoms with Crippen molar-refractivity contribution in [3.05, 3.63) is 101 Å². The molecule has 0 atom stereocenters. The van der Waals surface area contributed by atoms with Crippen LogP contribution in [0, 0.1) is 0 Å². The second-order valence-electron chi connectivity index (χ2n) is 6.07. The van der Waals surface area contributed by atoms with Gasteiger partial charge in [-0.3, -0.25) is 9.36 Å². The maximum atomic E-state index is 13.1. The number of hydrogen-bond acceptors (Lipinski definition) is 3. The van der Waals surface area contributed by atoms with Crippen LogP contribution in [-0.4, -0.2) is 15.8 Å². The number of fused-ring (bicyclic) bond motifs is 1. The van der Waals surface area contributed by atoms with Gasteiger partial charge in [-0.1, -0.05) is 48.5 Å². The van der Waals surface area contributed by atoms with Crippen LogP contribution >= 0.6 is 11.8 Å². The molecule has 0 bridgehead atoms. The van der Waals surface area contributed by atoms with Crippen LogP contribution in [0.3, 0.4) is 0 Å². The molecule has 0 fully saturated rings. The van der Waals surface area contributed by atoms with Gasteiger partial charge in [0.05, 0.1) is 16.6 Å². The Morgan fingerprint density at radius 1 is 0.852 bits per heavy atom. The molecule has 0 aliphatic carbocycles. The summed E-state index contributed by atoms with van der Waals surface area (Å²) in [4.78, 5) is 19.1. The largest absolute Gasteiger partial charge is 0.268 e. The molecule has 1 heterocycles. The van der Waals surface area contributed by atoms with Gasteiger partial charge < -0.3 is 0 Å². The van der Waals surface area contributed by atoms with E-state index in [2.05, 4.69) is 30.5 Å². The van der Waals surface area contributed by atoms with Crippen molar-refractivity contribution in [1.82, 2.24) is 9.55 Å². The zero-order valence-electron chi connectivity index (χ0n) is 14.9. The van der Waals surface area contributed by atoms with Crippen LogP contribution < -0.4 is 5.56 Å². The Morgan fingerprint density at radius 2 is 1.56 bits per heavy atom. The van der Waals surface area contributed by atoms with Gasteiger partial charge >= 0.3 is 0 Å². The van der Waals surface area contributed by atoms with Gasteiger partial charge in [0.25, 0.3) is 5.56 Å². The van der Waals surface area contributed by atoms with Gasteiger partial charge in [0.1, 0.15) is 5.82 Å². The van der Waals surface area contributed by atoms with Gasteiger partial charge in [0.15, 0.2) is 0 Å². The number of rotatable bonds is 4. The van der Waals surface area contributed by atoms with Crippen LogP contribution in [0.5, 0.6) is 0 Å². The number of thioether (sulfide) groups is 1. The van der Waals surface area contributed by atoms with Gasteiger partial charge in [0.2, 0.25) is 0 Å². The fraction of sp³-hybridized carbons (Fsp3) is 0.0435. The zero-order chi connectivity index (χ0) is 18.6. The summed E-state index contributed by atoms with van der Waals surface area (Å²) in [5.74, 6) is 0.610. The normalized spacial score (nSPS) is 11.3. The summed E-state index contributed by atoms with van der Waals surface area (Å²) in [5, 5.41) is 0.614. The van der Waals surface area contributed by atoms with E-state index in [1.54, 1.807) is 16.3 Å². The number of hydrogen-bond donors (Lipinski definition) is 0. The second kappa shape index (κ2) is 7.64. The van der Waals surface area contributed by atoms with E-state index in [9.17, 15) is 4.79 Å². The third kappa shape index (κ3) is 3.57. The quantitative estimate of drug-likeness (QED) is 0.459. The first-order valence-corrected chi connectivity index (χ1v) is 9.88. The van der Waals surface area contributed by atoms with Crippen molar-refractivity contribution in [3.8, 4) is 5.69 Å².